The molecule has 1 aromatic heterocycles. The van der Waals surface area contributed by atoms with Crippen LogP contribution in [0.3, 0.4) is 0 Å². The Morgan fingerprint density at radius 2 is 2.12 bits per heavy atom. The number of aromatic amines is 2. The van der Waals surface area contributed by atoms with E-state index in [4.69, 9.17) is 23.8 Å². The molecule has 0 unspecified atom stereocenters. The van der Waals surface area contributed by atoms with Crippen LogP contribution in [0.1, 0.15) is 11.3 Å². The molecule has 16 heavy (non-hydrogen) atoms. The Labute approximate surface area is 101 Å². The summed E-state index contributed by atoms with van der Waals surface area (Å²) < 4.78 is 0.216. The number of H-pyrrole nitrogens is 2. The lowest BCUT2D eigenvalue weighted by molar-refractivity contribution is 0.851. The molecule has 6 heteroatoms. The van der Waals surface area contributed by atoms with Gasteiger partial charge in [-0.3, -0.25) is 14.9 Å². The topological polar surface area (TPSA) is 61.5 Å². The van der Waals surface area contributed by atoms with Crippen molar-refractivity contribution < 1.29 is 0 Å². The van der Waals surface area contributed by atoms with Crippen LogP contribution < -0.4 is 5.56 Å². The Balaban J connectivity index is 2.38. The third kappa shape index (κ3) is 2.37. The van der Waals surface area contributed by atoms with Crippen LogP contribution in [0.15, 0.2) is 29.1 Å². The van der Waals surface area contributed by atoms with E-state index in [1.165, 1.54) is 0 Å². The van der Waals surface area contributed by atoms with Crippen LogP contribution >= 0.6 is 23.8 Å². The Morgan fingerprint density at radius 3 is 2.81 bits per heavy atom. The van der Waals surface area contributed by atoms with Crippen molar-refractivity contribution in [3.63, 3.8) is 0 Å². The Kier molecular flexibility index (Phi) is 3.17. The second-order valence-electron chi connectivity index (χ2n) is 3.22. The van der Waals surface area contributed by atoms with Crippen LogP contribution in [0.25, 0.3) is 0 Å². The molecule has 0 saturated carbocycles. The zero-order valence-electron chi connectivity index (χ0n) is 8.16. The van der Waals surface area contributed by atoms with Gasteiger partial charge in [0, 0.05) is 11.4 Å². The van der Waals surface area contributed by atoms with Crippen molar-refractivity contribution in [2.24, 2.45) is 0 Å². The van der Waals surface area contributed by atoms with Crippen molar-refractivity contribution >= 4 is 23.8 Å². The number of aromatic nitrogens is 3. The standard InChI is InChI=1S/C10H8ClN3OS/c11-7-4-2-1-3-6(7)5-8-9(15)12-10(16)14-13-8/h1-4H,5H2,(H2,12,14,15,16). The summed E-state index contributed by atoms with van der Waals surface area (Å²) in [6, 6.07) is 7.32. The summed E-state index contributed by atoms with van der Waals surface area (Å²) in [5.74, 6) is 0. The fourth-order valence-electron chi connectivity index (χ4n) is 1.31. The summed E-state index contributed by atoms with van der Waals surface area (Å²) in [5, 5.41) is 7.05. The summed E-state index contributed by atoms with van der Waals surface area (Å²) in [6.07, 6.45) is 0.376. The molecule has 0 aliphatic heterocycles. The minimum absolute atomic E-state index is 0.216. The van der Waals surface area contributed by atoms with Crippen molar-refractivity contribution in [1.29, 1.82) is 0 Å². The molecule has 1 aromatic carbocycles. The van der Waals surface area contributed by atoms with Gasteiger partial charge in [0.2, 0.25) is 0 Å². The first-order valence-corrected chi connectivity index (χ1v) is 5.37. The average Bonchev–Trinajstić information content (AvgIpc) is 2.25. The molecule has 2 N–H and O–H groups in total. The van der Waals surface area contributed by atoms with E-state index in [9.17, 15) is 4.79 Å². The predicted molar refractivity (Wildman–Crippen MR) is 64.3 cm³/mol. The van der Waals surface area contributed by atoms with Crippen molar-refractivity contribution in [2.45, 2.75) is 6.42 Å². The van der Waals surface area contributed by atoms with E-state index in [1.807, 2.05) is 18.2 Å². The van der Waals surface area contributed by atoms with Crippen LogP contribution in [0.2, 0.25) is 5.02 Å². The molecule has 0 aliphatic rings. The number of benzene rings is 1. The zero-order valence-corrected chi connectivity index (χ0v) is 9.73. The molecule has 1 heterocycles. The first-order valence-electron chi connectivity index (χ1n) is 4.58. The van der Waals surface area contributed by atoms with Gasteiger partial charge >= 0.3 is 0 Å². The molecule has 0 fully saturated rings. The molecule has 0 aliphatic carbocycles. The highest BCUT2D eigenvalue weighted by Gasteiger charge is 2.05. The molecule has 0 amide bonds. The van der Waals surface area contributed by atoms with Gasteiger partial charge in [-0.1, -0.05) is 29.8 Å². The lowest BCUT2D eigenvalue weighted by atomic mass is 10.1. The van der Waals surface area contributed by atoms with Gasteiger partial charge in [0.1, 0.15) is 5.69 Å². The third-order valence-corrected chi connectivity index (χ3v) is 2.66. The first-order chi connectivity index (χ1) is 7.66. The quantitative estimate of drug-likeness (QED) is 0.806. The molecule has 2 rings (SSSR count). The van der Waals surface area contributed by atoms with E-state index in [0.29, 0.717) is 17.1 Å². The van der Waals surface area contributed by atoms with E-state index in [-0.39, 0.29) is 10.3 Å². The van der Waals surface area contributed by atoms with Crippen molar-refractivity contribution in [3.8, 4) is 0 Å². The minimum Gasteiger partial charge on any atom is -0.296 e. The normalized spacial score (nSPS) is 10.3. The maximum atomic E-state index is 11.5. The van der Waals surface area contributed by atoms with E-state index < -0.39 is 0 Å². The summed E-state index contributed by atoms with van der Waals surface area (Å²) in [4.78, 5) is 14.0. The van der Waals surface area contributed by atoms with Crippen LogP contribution in [0.4, 0.5) is 0 Å². The van der Waals surface area contributed by atoms with E-state index in [2.05, 4.69) is 15.2 Å². The average molecular weight is 254 g/mol. The number of hydrogen-bond acceptors (Lipinski definition) is 3. The van der Waals surface area contributed by atoms with Crippen LogP contribution in [0.5, 0.6) is 0 Å². The molecule has 0 radical (unpaired) electrons. The highest BCUT2D eigenvalue weighted by molar-refractivity contribution is 7.71. The van der Waals surface area contributed by atoms with Gasteiger partial charge in [-0.2, -0.15) is 5.10 Å². The summed E-state index contributed by atoms with van der Waals surface area (Å²) in [7, 11) is 0. The molecule has 0 bridgehead atoms. The lowest BCUT2D eigenvalue weighted by Gasteiger charge is -2.01. The van der Waals surface area contributed by atoms with Gasteiger partial charge in [0.25, 0.3) is 5.56 Å². The lowest BCUT2D eigenvalue weighted by Crippen LogP contribution is -2.17. The maximum Gasteiger partial charge on any atom is 0.273 e. The molecular weight excluding hydrogens is 246 g/mol. The zero-order chi connectivity index (χ0) is 11.5. The monoisotopic (exact) mass is 253 g/mol. The highest BCUT2D eigenvalue weighted by atomic mass is 35.5. The summed E-state index contributed by atoms with van der Waals surface area (Å²) >= 11 is 10.7. The third-order valence-electron chi connectivity index (χ3n) is 2.10. The molecule has 82 valence electrons. The Hall–Kier alpha value is -1.46. The summed E-state index contributed by atoms with van der Waals surface area (Å²) in [6.45, 7) is 0. The van der Waals surface area contributed by atoms with Crippen LogP contribution in [-0.4, -0.2) is 15.2 Å². The molecule has 0 saturated heterocycles. The van der Waals surface area contributed by atoms with Gasteiger partial charge in [-0.15, -0.1) is 0 Å². The van der Waals surface area contributed by atoms with Gasteiger partial charge in [-0.25, -0.2) is 0 Å². The highest BCUT2D eigenvalue weighted by Crippen LogP contribution is 2.16. The first kappa shape index (κ1) is 11.0. The largest absolute Gasteiger partial charge is 0.296 e. The number of rotatable bonds is 2. The number of halogens is 1. The Morgan fingerprint density at radius 1 is 1.38 bits per heavy atom. The summed E-state index contributed by atoms with van der Waals surface area (Å²) in [5.41, 5.74) is 0.929. The molecular formula is C10H8ClN3OS. The van der Waals surface area contributed by atoms with E-state index >= 15 is 0 Å². The van der Waals surface area contributed by atoms with Gasteiger partial charge in [-0.05, 0) is 23.8 Å². The van der Waals surface area contributed by atoms with Crippen LogP contribution in [0, 0.1) is 4.77 Å². The number of hydrogen-bond donors (Lipinski definition) is 2. The van der Waals surface area contributed by atoms with Gasteiger partial charge < -0.3 is 0 Å². The second kappa shape index (κ2) is 4.59. The fraction of sp³-hybridized carbons (Fsp3) is 0.100. The van der Waals surface area contributed by atoms with Gasteiger partial charge in [0.05, 0.1) is 0 Å². The maximum absolute atomic E-state index is 11.5. The molecule has 0 atom stereocenters. The molecule has 0 spiro atoms. The SMILES string of the molecule is O=c1[nH]c(=S)[nH]nc1Cc1ccccc1Cl. The smallest absolute Gasteiger partial charge is 0.273 e. The van der Waals surface area contributed by atoms with E-state index in [0.717, 1.165) is 5.56 Å². The fourth-order valence-corrected chi connectivity index (χ4v) is 1.66. The molecule has 4 nitrogen and oxygen atoms in total. The van der Waals surface area contributed by atoms with Gasteiger partial charge in [0.15, 0.2) is 4.77 Å². The van der Waals surface area contributed by atoms with E-state index in [1.54, 1.807) is 6.07 Å². The second-order valence-corrected chi connectivity index (χ2v) is 4.04. The van der Waals surface area contributed by atoms with Crippen LogP contribution in [-0.2, 0) is 6.42 Å². The predicted octanol–water partition coefficient (Wildman–Crippen LogP) is 2.07. The van der Waals surface area contributed by atoms with Crippen molar-refractivity contribution in [2.75, 3.05) is 0 Å². The number of nitrogens with one attached hydrogen (secondary N) is 2. The number of nitrogens with zero attached hydrogens (tertiary/aromatic N) is 1. The van der Waals surface area contributed by atoms with Crippen molar-refractivity contribution in [1.82, 2.24) is 15.2 Å². The molecule has 2 aromatic rings. The Bertz CT molecular complexity index is 620. The minimum atomic E-state index is -0.288. The van der Waals surface area contributed by atoms with Crippen molar-refractivity contribution in [3.05, 3.63) is 55.7 Å².